The summed E-state index contributed by atoms with van der Waals surface area (Å²) in [7, 11) is 0. The predicted octanol–water partition coefficient (Wildman–Crippen LogP) is 2.02. The highest BCUT2D eigenvalue weighted by molar-refractivity contribution is 5.60. The standard InChI is InChI=1S/C10H12N2/c1-8-2-4-9(5-3-8)10-6-7-11-12-10/h2-5,7,10,12H,6H2,1H3. The minimum atomic E-state index is 0.394. The minimum absolute atomic E-state index is 0.394. The number of nitrogens with zero attached hydrogens (tertiary/aromatic N) is 1. The van der Waals surface area contributed by atoms with Crippen LogP contribution in [0.15, 0.2) is 29.4 Å². The molecule has 1 aromatic rings. The van der Waals surface area contributed by atoms with Crippen molar-refractivity contribution in [3.05, 3.63) is 35.4 Å². The molecule has 1 N–H and O–H groups in total. The zero-order chi connectivity index (χ0) is 8.39. The normalized spacial score (nSPS) is 20.9. The Morgan fingerprint density at radius 2 is 2.08 bits per heavy atom. The van der Waals surface area contributed by atoms with Gasteiger partial charge in [-0.1, -0.05) is 29.8 Å². The van der Waals surface area contributed by atoms with Crippen LogP contribution in [0.3, 0.4) is 0 Å². The largest absolute Gasteiger partial charge is 0.303 e. The van der Waals surface area contributed by atoms with Crippen LogP contribution < -0.4 is 5.43 Å². The van der Waals surface area contributed by atoms with E-state index in [1.807, 2.05) is 6.21 Å². The molecule has 1 aromatic carbocycles. The van der Waals surface area contributed by atoms with Crippen molar-refractivity contribution in [1.82, 2.24) is 5.43 Å². The van der Waals surface area contributed by atoms with Gasteiger partial charge in [0, 0.05) is 12.6 Å². The zero-order valence-electron chi connectivity index (χ0n) is 7.12. The lowest BCUT2D eigenvalue weighted by molar-refractivity contribution is 0.620. The van der Waals surface area contributed by atoms with Crippen LogP contribution in [-0.2, 0) is 0 Å². The van der Waals surface area contributed by atoms with Crippen molar-refractivity contribution in [3.63, 3.8) is 0 Å². The van der Waals surface area contributed by atoms with Crippen LogP contribution in [0.5, 0.6) is 0 Å². The first-order valence-corrected chi connectivity index (χ1v) is 4.20. The molecule has 0 saturated carbocycles. The van der Waals surface area contributed by atoms with E-state index in [9.17, 15) is 0 Å². The summed E-state index contributed by atoms with van der Waals surface area (Å²) in [6, 6.07) is 8.97. The maximum Gasteiger partial charge on any atom is 0.0739 e. The predicted molar refractivity (Wildman–Crippen MR) is 50.2 cm³/mol. The molecule has 1 heterocycles. The fourth-order valence-corrected chi connectivity index (χ4v) is 1.36. The Morgan fingerprint density at radius 1 is 1.33 bits per heavy atom. The van der Waals surface area contributed by atoms with Crippen LogP contribution in [0, 0.1) is 6.92 Å². The molecule has 1 aliphatic rings. The van der Waals surface area contributed by atoms with Crippen LogP contribution in [0.1, 0.15) is 23.6 Å². The summed E-state index contributed by atoms with van der Waals surface area (Å²) in [4.78, 5) is 0. The SMILES string of the molecule is Cc1ccc(C2CC=NN2)cc1. The molecular weight excluding hydrogens is 148 g/mol. The van der Waals surface area contributed by atoms with E-state index in [1.165, 1.54) is 11.1 Å². The van der Waals surface area contributed by atoms with Gasteiger partial charge >= 0.3 is 0 Å². The molecule has 0 aromatic heterocycles. The molecule has 62 valence electrons. The number of rotatable bonds is 1. The Labute approximate surface area is 72.3 Å². The van der Waals surface area contributed by atoms with Crippen LogP contribution in [-0.4, -0.2) is 6.21 Å². The first-order chi connectivity index (χ1) is 5.86. The van der Waals surface area contributed by atoms with Crippen molar-refractivity contribution in [2.75, 3.05) is 0 Å². The molecule has 0 fully saturated rings. The molecule has 0 spiro atoms. The Bertz CT molecular complexity index is 279. The smallest absolute Gasteiger partial charge is 0.0739 e. The van der Waals surface area contributed by atoms with E-state index in [1.54, 1.807) is 0 Å². The van der Waals surface area contributed by atoms with Gasteiger partial charge in [0.1, 0.15) is 0 Å². The highest BCUT2D eigenvalue weighted by atomic mass is 15.3. The van der Waals surface area contributed by atoms with E-state index in [0.29, 0.717) is 6.04 Å². The molecule has 2 nitrogen and oxygen atoms in total. The number of hydrogen-bond acceptors (Lipinski definition) is 2. The summed E-state index contributed by atoms with van der Waals surface area (Å²) >= 11 is 0. The van der Waals surface area contributed by atoms with E-state index in [0.717, 1.165) is 6.42 Å². The number of hydrazone groups is 1. The third-order valence-corrected chi connectivity index (χ3v) is 2.14. The Kier molecular flexibility index (Phi) is 1.82. The molecular formula is C10H12N2. The fraction of sp³-hybridized carbons (Fsp3) is 0.300. The molecule has 0 saturated heterocycles. The Hall–Kier alpha value is -1.31. The fourth-order valence-electron chi connectivity index (χ4n) is 1.36. The minimum Gasteiger partial charge on any atom is -0.303 e. The van der Waals surface area contributed by atoms with Gasteiger partial charge in [0.15, 0.2) is 0 Å². The Balaban J connectivity index is 2.18. The summed E-state index contributed by atoms with van der Waals surface area (Å²) in [5.74, 6) is 0. The van der Waals surface area contributed by atoms with Gasteiger partial charge in [-0.2, -0.15) is 5.10 Å². The molecule has 0 bridgehead atoms. The maximum absolute atomic E-state index is 3.99. The second-order valence-electron chi connectivity index (χ2n) is 3.14. The van der Waals surface area contributed by atoms with Gasteiger partial charge in [0.2, 0.25) is 0 Å². The van der Waals surface area contributed by atoms with Crippen LogP contribution in [0.4, 0.5) is 0 Å². The molecule has 2 rings (SSSR count). The van der Waals surface area contributed by atoms with E-state index in [4.69, 9.17) is 0 Å². The number of aryl methyl sites for hydroxylation is 1. The molecule has 0 amide bonds. The molecule has 1 unspecified atom stereocenters. The third-order valence-electron chi connectivity index (χ3n) is 2.14. The van der Waals surface area contributed by atoms with Crippen LogP contribution in [0.2, 0.25) is 0 Å². The van der Waals surface area contributed by atoms with E-state index in [2.05, 4.69) is 41.7 Å². The number of benzene rings is 1. The third kappa shape index (κ3) is 1.33. The second-order valence-corrected chi connectivity index (χ2v) is 3.14. The van der Waals surface area contributed by atoms with Crippen molar-refractivity contribution in [2.24, 2.45) is 5.10 Å². The average Bonchev–Trinajstić information content (AvgIpc) is 2.58. The summed E-state index contributed by atoms with van der Waals surface area (Å²) in [5, 5.41) is 3.99. The molecule has 0 radical (unpaired) electrons. The molecule has 1 atom stereocenters. The second kappa shape index (κ2) is 2.97. The van der Waals surface area contributed by atoms with Gasteiger partial charge in [-0.3, -0.25) is 0 Å². The summed E-state index contributed by atoms with van der Waals surface area (Å²) in [6.07, 6.45) is 2.92. The van der Waals surface area contributed by atoms with Crippen molar-refractivity contribution in [2.45, 2.75) is 19.4 Å². The van der Waals surface area contributed by atoms with Gasteiger partial charge in [-0.25, -0.2) is 0 Å². The summed E-state index contributed by atoms with van der Waals surface area (Å²) < 4.78 is 0. The van der Waals surface area contributed by atoms with E-state index >= 15 is 0 Å². The average molecular weight is 160 g/mol. The van der Waals surface area contributed by atoms with Gasteiger partial charge in [0.25, 0.3) is 0 Å². The van der Waals surface area contributed by atoms with Gasteiger partial charge in [0.05, 0.1) is 6.04 Å². The molecule has 2 heteroatoms. The molecule has 12 heavy (non-hydrogen) atoms. The lowest BCUT2D eigenvalue weighted by Crippen LogP contribution is -2.09. The number of hydrogen-bond donors (Lipinski definition) is 1. The monoisotopic (exact) mass is 160 g/mol. The summed E-state index contributed by atoms with van der Waals surface area (Å²) in [5.41, 5.74) is 5.68. The topological polar surface area (TPSA) is 24.4 Å². The molecule has 1 aliphatic heterocycles. The Morgan fingerprint density at radius 3 is 2.67 bits per heavy atom. The lowest BCUT2D eigenvalue weighted by Gasteiger charge is -2.09. The summed E-state index contributed by atoms with van der Waals surface area (Å²) in [6.45, 7) is 2.10. The van der Waals surface area contributed by atoms with Crippen LogP contribution >= 0.6 is 0 Å². The lowest BCUT2D eigenvalue weighted by atomic mass is 10.0. The highest BCUT2D eigenvalue weighted by Crippen LogP contribution is 2.18. The quantitative estimate of drug-likeness (QED) is 0.667. The zero-order valence-corrected chi connectivity index (χ0v) is 7.12. The van der Waals surface area contributed by atoms with Crippen molar-refractivity contribution < 1.29 is 0 Å². The number of nitrogens with one attached hydrogen (secondary N) is 1. The first kappa shape index (κ1) is 7.35. The maximum atomic E-state index is 3.99. The van der Waals surface area contributed by atoms with Gasteiger partial charge in [-0.15, -0.1) is 0 Å². The first-order valence-electron chi connectivity index (χ1n) is 4.20. The molecule has 0 aliphatic carbocycles. The van der Waals surface area contributed by atoms with Crippen molar-refractivity contribution in [3.8, 4) is 0 Å². The van der Waals surface area contributed by atoms with Crippen molar-refractivity contribution >= 4 is 6.21 Å². The highest BCUT2D eigenvalue weighted by Gasteiger charge is 2.11. The van der Waals surface area contributed by atoms with Gasteiger partial charge in [-0.05, 0) is 12.5 Å². The van der Waals surface area contributed by atoms with E-state index in [-0.39, 0.29) is 0 Å². The van der Waals surface area contributed by atoms with E-state index < -0.39 is 0 Å². The van der Waals surface area contributed by atoms with Crippen molar-refractivity contribution in [1.29, 1.82) is 0 Å². The van der Waals surface area contributed by atoms with Crippen LogP contribution in [0.25, 0.3) is 0 Å². The van der Waals surface area contributed by atoms with Gasteiger partial charge < -0.3 is 5.43 Å².